The van der Waals surface area contributed by atoms with E-state index in [1.54, 1.807) is 0 Å². The van der Waals surface area contributed by atoms with Crippen molar-refractivity contribution in [2.45, 2.75) is 13.3 Å². The van der Waals surface area contributed by atoms with Crippen molar-refractivity contribution in [2.24, 2.45) is 0 Å². The summed E-state index contributed by atoms with van der Waals surface area (Å²) in [4.78, 5) is 22.7. The van der Waals surface area contributed by atoms with E-state index < -0.39 is 0 Å². The number of carbonyl (C=O) groups excluding carboxylic acids is 2. The van der Waals surface area contributed by atoms with Crippen LogP contribution in [0.5, 0.6) is 5.75 Å². The molecule has 0 saturated heterocycles. The molecule has 2 amide bonds. The van der Waals surface area contributed by atoms with E-state index in [0.29, 0.717) is 13.1 Å². The highest BCUT2D eigenvalue weighted by molar-refractivity contribution is 5.78. The third kappa shape index (κ3) is 6.76. The van der Waals surface area contributed by atoms with Crippen molar-refractivity contribution in [1.82, 2.24) is 10.6 Å². The van der Waals surface area contributed by atoms with Gasteiger partial charge in [-0.2, -0.15) is 0 Å². The average molecular weight is 294 g/mol. The van der Waals surface area contributed by atoms with Crippen LogP contribution < -0.4 is 15.4 Å². The van der Waals surface area contributed by atoms with Crippen LogP contribution in [0.1, 0.15) is 12.5 Å². The molecule has 0 fully saturated rings. The number of methoxy groups -OCH3 is 1. The Balaban J connectivity index is 2.21. The topological polar surface area (TPSA) is 76.7 Å². The first-order chi connectivity index (χ1) is 10.2. The number of nitrogens with one attached hydrogen (secondary N) is 2. The average Bonchev–Trinajstić information content (AvgIpc) is 2.50. The van der Waals surface area contributed by atoms with Crippen molar-refractivity contribution in [3.63, 3.8) is 0 Å². The zero-order chi connectivity index (χ0) is 15.5. The van der Waals surface area contributed by atoms with Gasteiger partial charge in [0.2, 0.25) is 5.91 Å². The summed E-state index contributed by atoms with van der Waals surface area (Å²) in [5.74, 6) is 0.297. The summed E-state index contributed by atoms with van der Waals surface area (Å²) in [6.07, 6.45) is 0.851. The predicted octanol–water partition coefficient (Wildman–Crippen LogP) is 0.507. The smallest absolute Gasteiger partial charge is 0.258 e. The minimum atomic E-state index is -0.220. The normalized spacial score (nSPS) is 10.0. The summed E-state index contributed by atoms with van der Waals surface area (Å²) in [6.45, 7) is 2.73. The standard InChI is InChI=1S/C15H22N2O4/c1-3-12-6-4-5-7-13(12)21-11-15(19)17-9-8-16-14(18)10-20-2/h4-7H,3,8-11H2,1-2H3,(H,16,18)(H,17,19). The fourth-order valence-corrected chi connectivity index (χ4v) is 1.72. The molecule has 0 spiro atoms. The van der Waals surface area contributed by atoms with Gasteiger partial charge in [0.1, 0.15) is 12.4 Å². The molecule has 0 heterocycles. The van der Waals surface area contributed by atoms with Crippen molar-refractivity contribution in [3.05, 3.63) is 29.8 Å². The third-order valence-corrected chi connectivity index (χ3v) is 2.76. The van der Waals surface area contributed by atoms with Gasteiger partial charge in [-0.15, -0.1) is 0 Å². The second-order valence-electron chi connectivity index (χ2n) is 4.38. The Hall–Kier alpha value is -2.08. The minimum absolute atomic E-state index is 0.0187. The summed E-state index contributed by atoms with van der Waals surface area (Å²) in [5, 5.41) is 5.28. The van der Waals surface area contributed by atoms with E-state index in [9.17, 15) is 9.59 Å². The first-order valence-corrected chi connectivity index (χ1v) is 6.90. The summed E-state index contributed by atoms with van der Waals surface area (Å²) in [7, 11) is 1.45. The number of ether oxygens (including phenoxy) is 2. The molecule has 2 N–H and O–H groups in total. The first-order valence-electron chi connectivity index (χ1n) is 6.90. The lowest BCUT2D eigenvalue weighted by Crippen LogP contribution is -2.37. The fourth-order valence-electron chi connectivity index (χ4n) is 1.72. The Labute approximate surface area is 124 Å². The van der Waals surface area contributed by atoms with Crippen molar-refractivity contribution in [3.8, 4) is 5.75 Å². The van der Waals surface area contributed by atoms with E-state index in [1.807, 2.05) is 31.2 Å². The SMILES string of the molecule is CCc1ccccc1OCC(=O)NCCNC(=O)COC. The molecule has 21 heavy (non-hydrogen) atoms. The van der Waals surface area contributed by atoms with Gasteiger partial charge in [0.25, 0.3) is 5.91 Å². The summed E-state index contributed by atoms with van der Waals surface area (Å²) in [5.41, 5.74) is 1.07. The zero-order valence-electron chi connectivity index (χ0n) is 12.5. The third-order valence-electron chi connectivity index (χ3n) is 2.76. The van der Waals surface area contributed by atoms with Crippen LogP contribution in [0.2, 0.25) is 0 Å². The fraction of sp³-hybridized carbons (Fsp3) is 0.467. The molecule has 0 bridgehead atoms. The van der Waals surface area contributed by atoms with Crippen molar-refractivity contribution in [2.75, 3.05) is 33.4 Å². The van der Waals surface area contributed by atoms with Crippen molar-refractivity contribution >= 4 is 11.8 Å². The van der Waals surface area contributed by atoms with Gasteiger partial charge in [0.05, 0.1) is 0 Å². The Bertz CT molecular complexity index is 463. The number of benzene rings is 1. The highest BCUT2D eigenvalue weighted by Gasteiger charge is 2.05. The summed E-state index contributed by atoms with van der Waals surface area (Å²) in [6, 6.07) is 7.63. The minimum Gasteiger partial charge on any atom is -0.483 e. The van der Waals surface area contributed by atoms with E-state index in [4.69, 9.17) is 4.74 Å². The molecule has 0 aliphatic rings. The molecule has 116 valence electrons. The number of rotatable bonds is 9. The lowest BCUT2D eigenvalue weighted by atomic mass is 10.1. The van der Waals surface area contributed by atoms with E-state index in [1.165, 1.54) is 7.11 Å². The zero-order valence-corrected chi connectivity index (χ0v) is 12.5. The number of para-hydroxylation sites is 1. The van der Waals surface area contributed by atoms with Crippen molar-refractivity contribution in [1.29, 1.82) is 0 Å². The van der Waals surface area contributed by atoms with Gasteiger partial charge in [0, 0.05) is 20.2 Å². The van der Waals surface area contributed by atoms with Crippen LogP contribution in [-0.4, -0.2) is 45.2 Å². The van der Waals surface area contributed by atoms with E-state index in [-0.39, 0.29) is 25.0 Å². The van der Waals surface area contributed by atoms with Crippen LogP contribution in [-0.2, 0) is 20.7 Å². The van der Waals surface area contributed by atoms with Gasteiger partial charge >= 0.3 is 0 Å². The molecule has 6 heteroatoms. The Morgan fingerprint density at radius 1 is 1.05 bits per heavy atom. The quantitative estimate of drug-likeness (QED) is 0.651. The predicted molar refractivity (Wildman–Crippen MR) is 79.2 cm³/mol. The van der Waals surface area contributed by atoms with E-state index in [0.717, 1.165) is 17.7 Å². The number of hydrogen-bond acceptors (Lipinski definition) is 4. The molecule has 0 aliphatic heterocycles. The van der Waals surface area contributed by atoms with Gasteiger partial charge in [-0.25, -0.2) is 0 Å². The lowest BCUT2D eigenvalue weighted by molar-refractivity contribution is -0.125. The van der Waals surface area contributed by atoms with E-state index >= 15 is 0 Å². The molecule has 1 rings (SSSR count). The van der Waals surface area contributed by atoms with Crippen LogP contribution >= 0.6 is 0 Å². The highest BCUT2D eigenvalue weighted by atomic mass is 16.5. The maximum Gasteiger partial charge on any atom is 0.258 e. The Morgan fingerprint density at radius 2 is 1.67 bits per heavy atom. The molecule has 0 atom stereocenters. The second-order valence-corrected chi connectivity index (χ2v) is 4.38. The van der Waals surface area contributed by atoms with Gasteiger partial charge in [-0.1, -0.05) is 25.1 Å². The largest absolute Gasteiger partial charge is 0.483 e. The van der Waals surface area contributed by atoms with Crippen LogP contribution in [0.25, 0.3) is 0 Å². The van der Waals surface area contributed by atoms with Crippen LogP contribution in [0.3, 0.4) is 0 Å². The number of amides is 2. The van der Waals surface area contributed by atoms with Crippen LogP contribution in [0, 0.1) is 0 Å². The molecule has 1 aromatic carbocycles. The molecule has 1 aromatic rings. The number of hydrogen-bond donors (Lipinski definition) is 2. The maximum atomic E-state index is 11.6. The van der Waals surface area contributed by atoms with Crippen LogP contribution in [0.15, 0.2) is 24.3 Å². The highest BCUT2D eigenvalue weighted by Crippen LogP contribution is 2.17. The molecule has 6 nitrogen and oxygen atoms in total. The molecule has 0 aliphatic carbocycles. The monoisotopic (exact) mass is 294 g/mol. The van der Waals surface area contributed by atoms with Gasteiger partial charge < -0.3 is 20.1 Å². The Kier molecular flexibility index (Phi) is 7.89. The summed E-state index contributed by atoms with van der Waals surface area (Å²) < 4.78 is 10.2. The molecule has 0 aromatic heterocycles. The molecule has 0 saturated carbocycles. The van der Waals surface area contributed by atoms with Gasteiger partial charge in [0.15, 0.2) is 6.61 Å². The molecule has 0 radical (unpaired) electrons. The first kappa shape index (κ1) is 17.0. The molecular weight excluding hydrogens is 272 g/mol. The van der Waals surface area contributed by atoms with Gasteiger partial charge in [-0.3, -0.25) is 9.59 Å². The van der Waals surface area contributed by atoms with Gasteiger partial charge in [-0.05, 0) is 18.1 Å². The Morgan fingerprint density at radius 3 is 2.29 bits per heavy atom. The number of carbonyl (C=O) groups is 2. The van der Waals surface area contributed by atoms with E-state index in [2.05, 4.69) is 15.4 Å². The van der Waals surface area contributed by atoms with Crippen molar-refractivity contribution < 1.29 is 19.1 Å². The van der Waals surface area contributed by atoms with Crippen LogP contribution in [0.4, 0.5) is 0 Å². The molecule has 0 unspecified atom stereocenters. The number of aryl methyl sites for hydroxylation is 1. The maximum absolute atomic E-state index is 11.6. The summed E-state index contributed by atoms with van der Waals surface area (Å²) >= 11 is 0. The second kappa shape index (κ2) is 9.77. The lowest BCUT2D eigenvalue weighted by Gasteiger charge is -2.10. The molecular formula is C15H22N2O4.